The Morgan fingerprint density at radius 3 is 2.82 bits per heavy atom. The van der Waals surface area contributed by atoms with Gasteiger partial charge in [0.1, 0.15) is 0 Å². The number of anilines is 1. The number of rotatable bonds is 3. The third-order valence-corrected chi connectivity index (χ3v) is 4.57. The van der Waals surface area contributed by atoms with Crippen molar-refractivity contribution in [3.8, 4) is 22.6 Å². The molecule has 0 atom stereocenters. The zero-order valence-electron chi connectivity index (χ0n) is 15.1. The Bertz CT molecular complexity index is 1300. The molecule has 0 aliphatic rings. The Balaban J connectivity index is 1.72. The monoisotopic (exact) mass is 368 g/mol. The predicted molar refractivity (Wildman–Crippen MR) is 109 cm³/mol. The molecule has 3 heterocycles. The molecule has 5 aromatic rings. The van der Waals surface area contributed by atoms with Crippen molar-refractivity contribution >= 4 is 33.7 Å². The number of aromatic amines is 1. The summed E-state index contributed by atoms with van der Waals surface area (Å²) in [5, 5.41) is 3.97. The fraction of sp³-hybridized carbons (Fsp3) is 0.0455. The second kappa shape index (κ2) is 6.35. The maximum absolute atomic E-state index is 11.7. The van der Waals surface area contributed by atoms with Crippen LogP contribution in [0.15, 0.2) is 71.4 Å². The van der Waals surface area contributed by atoms with E-state index in [2.05, 4.69) is 26.3 Å². The molecule has 136 valence electrons. The maximum atomic E-state index is 11.7. The van der Waals surface area contributed by atoms with Gasteiger partial charge in [0.15, 0.2) is 11.2 Å². The number of nitrogens with zero attached hydrogens (tertiary/aromatic N) is 2. The van der Waals surface area contributed by atoms with E-state index < -0.39 is 0 Å². The first kappa shape index (κ1) is 16.3. The summed E-state index contributed by atoms with van der Waals surface area (Å²) in [5.41, 5.74) is 5.70. The number of H-pyrrole nitrogens is 1. The molecule has 0 aliphatic heterocycles. The van der Waals surface area contributed by atoms with Crippen LogP contribution in [0.25, 0.3) is 44.7 Å². The van der Waals surface area contributed by atoms with Gasteiger partial charge in [-0.05, 0) is 53.6 Å². The van der Waals surface area contributed by atoms with Gasteiger partial charge in [0.25, 0.3) is 0 Å². The van der Waals surface area contributed by atoms with Crippen LogP contribution in [0.2, 0.25) is 0 Å². The molecule has 0 spiro atoms. The molecule has 0 unspecified atom stereocenters. The average molecular weight is 368 g/mol. The maximum Gasteiger partial charge on any atom is 0.228 e. The zero-order chi connectivity index (χ0) is 19.1. The summed E-state index contributed by atoms with van der Waals surface area (Å²) in [6.07, 6.45) is 3.60. The number of carbonyl (C=O) groups excluding carboxylic acids is 1. The molecule has 6 nitrogen and oxygen atoms in total. The quantitative estimate of drug-likeness (QED) is 0.469. The van der Waals surface area contributed by atoms with E-state index >= 15 is 0 Å². The molecule has 5 rings (SSSR count). The molecular weight excluding hydrogens is 352 g/mol. The molecule has 0 fully saturated rings. The highest BCUT2D eigenvalue weighted by Gasteiger charge is 2.14. The lowest BCUT2D eigenvalue weighted by Gasteiger charge is -2.10. The van der Waals surface area contributed by atoms with E-state index in [9.17, 15) is 4.79 Å². The van der Waals surface area contributed by atoms with Gasteiger partial charge >= 0.3 is 0 Å². The van der Waals surface area contributed by atoms with Gasteiger partial charge in [0.05, 0.1) is 0 Å². The Morgan fingerprint density at radius 2 is 1.96 bits per heavy atom. The van der Waals surface area contributed by atoms with Crippen LogP contribution in [-0.4, -0.2) is 20.9 Å². The number of hydrogen-bond donors (Lipinski definition) is 2. The fourth-order valence-corrected chi connectivity index (χ4v) is 3.41. The second-order valence-corrected chi connectivity index (χ2v) is 6.57. The van der Waals surface area contributed by atoms with E-state index in [1.807, 2.05) is 54.7 Å². The highest BCUT2D eigenvalue weighted by molar-refractivity contribution is 5.97. The van der Waals surface area contributed by atoms with Crippen molar-refractivity contribution in [2.24, 2.45) is 0 Å². The number of aromatic nitrogens is 3. The minimum absolute atomic E-state index is 0.137. The first-order chi connectivity index (χ1) is 13.7. The topological polar surface area (TPSA) is 83.8 Å². The van der Waals surface area contributed by atoms with Crippen LogP contribution in [-0.2, 0) is 4.79 Å². The predicted octanol–water partition coefficient (Wildman–Crippen LogP) is 5.00. The van der Waals surface area contributed by atoms with Gasteiger partial charge in [-0.1, -0.05) is 12.1 Å². The van der Waals surface area contributed by atoms with Gasteiger partial charge < -0.3 is 14.7 Å². The van der Waals surface area contributed by atoms with E-state index in [1.165, 1.54) is 6.92 Å². The van der Waals surface area contributed by atoms with Crippen LogP contribution in [0.5, 0.6) is 0 Å². The number of benzene rings is 2. The molecule has 1 amide bonds. The Morgan fingerprint density at radius 1 is 1.07 bits per heavy atom. The smallest absolute Gasteiger partial charge is 0.228 e. The number of fused-ring (bicyclic) bond motifs is 2. The van der Waals surface area contributed by atoms with Crippen LogP contribution >= 0.6 is 0 Å². The SMILES string of the molecule is CC(=O)Nc1cc(-c2nc3ncccc3o2)cc(-c2cccc3[nH]ccc23)c1. The zero-order valence-corrected chi connectivity index (χ0v) is 15.1. The average Bonchev–Trinajstić information content (AvgIpc) is 3.33. The molecule has 0 radical (unpaired) electrons. The molecule has 6 heteroatoms. The van der Waals surface area contributed by atoms with E-state index in [-0.39, 0.29) is 5.91 Å². The highest BCUT2D eigenvalue weighted by Crippen LogP contribution is 2.34. The summed E-state index contributed by atoms with van der Waals surface area (Å²) in [6.45, 7) is 1.49. The van der Waals surface area contributed by atoms with Gasteiger partial charge in [0.2, 0.25) is 11.8 Å². The minimum Gasteiger partial charge on any atom is -0.434 e. The molecule has 28 heavy (non-hydrogen) atoms. The van der Waals surface area contributed by atoms with Crippen molar-refractivity contribution in [2.45, 2.75) is 6.92 Å². The summed E-state index contributed by atoms with van der Waals surface area (Å²) in [4.78, 5) is 23.6. The van der Waals surface area contributed by atoms with Gasteiger partial charge in [-0.25, -0.2) is 4.98 Å². The highest BCUT2D eigenvalue weighted by atomic mass is 16.3. The fourth-order valence-electron chi connectivity index (χ4n) is 3.41. The van der Waals surface area contributed by atoms with E-state index in [0.29, 0.717) is 22.8 Å². The standard InChI is InChI=1S/C22H16N4O2/c1-13(27)25-16-11-14(17-4-2-5-19-18(17)7-9-23-19)10-15(12-16)22-26-21-20(28-22)6-3-8-24-21/h2-12,23H,1H3,(H,25,27). The van der Waals surface area contributed by atoms with Crippen molar-refractivity contribution in [3.63, 3.8) is 0 Å². The lowest BCUT2D eigenvalue weighted by atomic mass is 9.99. The van der Waals surface area contributed by atoms with Crippen LogP contribution in [0, 0.1) is 0 Å². The largest absolute Gasteiger partial charge is 0.434 e. The van der Waals surface area contributed by atoms with E-state index in [0.717, 1.165) is 27.6 Å². The van der Waals surface area contributed by atoms with Crippen LogP contribution in [0.3, 0.4) is 0 Å². The third-order valence-electron chi connectivity index (χ3n) is 4.57. The molecule has 2 aromatic carbocycles. The molecule has 0 bridgehead atoms. The Hall–Kier alpha value is -3.93. The Kier molecular flexibility index (Phi) is 3.69. The van der Waals surface area contributed by atoms with Gasteiger partial charge in [-0.2, -0.15) is 4.98 Å². The van der Waals surface area contributed by atoms with Gasteiger partial charge in [-0.15, -0.1) is 0 Å². The number of pyridine rings is 1. The van der Waals surface area contributed by atoms with Crippen molar-refractivity contribution in [3.05, 3.63) is 67.0 Å². The number of hydrogen-bond acceptors (Lipinski definition) is 4. The summed E-state index contributed by atoms with van der Waals surface area (Å²) in [7, 11) is 0. The van der Waals surface area contributed by atoms with Gasteiger partial charge in [0, 0.05) is 41.5 Å². The molecule has 0 saturated carbocycles. The number of nitrogens with one attached hydrogen (secondary N) is 2. The normalized spacial score (nSPS) is 11.2. The van der Waals surface area contributed by atoms with Crippen molar-refractivity contribution in [1.82, 2.24) is 15.0 Å². The number of carbonyl (C=O) groups is 1. The second-order valence-electron chi connectivity index (χ2n) is 6.57. The number of oxazole rings is 1. The minimum atomic E-state index is -0.137. The molecule has 0 aliphatic carbocycles. The lowest BCUT2D eigenvalue weighted by molar-refractivity contribution is -0.114. The molecule has 0 saturated heterocycles. The van der Waals surface area contributed by atoms with E-state index in [4.69, 9.17) is 4.42 Å². The summed E-state index contributed by atoms with van der Waals surface area (Å²) < 4.78 is 5.88. The molecule has 3 aromatic heterocycles. The third kappa shape index (κ3) is 2.81. The van der Waals surface area contributed by atoms with Crippen LogP contribution in [0.4, 0.5) is 5.69 Å². The Labute approximate surface area is 160 Å². The van der Waals surface area contributed by atoms with Crippen molar-refractivity contribution < 1.29 is 9.21 Å². The summed E-state index contributed by atoms with van der Waals surface area (Å²) in [5.74, 6) is 0.325. The first-order valence-corrected chi connectivity index (χ1v) is 8.88. The number of amides is 1. The first-order valence-electron chi connectivity index (χ1n) is 8.88. The van der Waals surface area contributed by atoms with Gasteiger partial charge in [-0.3, -0.25) is 4.79 Å². The summed E-state index contributed by atoms with van der Waals surface area (Å²) >= 11 is 0. The van der Waals surface area contributed by atoms with Crippen LogP contribution < -0.4 is 5.32 Å². The summed E-state index contributed by atoms with van der Waals surface area (Å²) in [6, 6.07) is 17.6. The molecular formula is C22H16N4O2. The van der Waals surface area contributed by atoms with Crippen molar-refractivity contribution in [2.75, 3.05) is 5.32 Å². The molecule has 2 N–H and O–H groups in total. The van der Waals surface area contributed by atoms with E-state index in [1.54, 1.807) is 6.20 Å². The lowest BCUT2D eigenvalue weighted by Crippen LogP contribution is -2.06. The van der Waals surface area contributed by atoms with Crippen molar-refractivity contribution in [1.29, 1.82) is 0 Å². The van der Waals surface area contributed by atoms with Crippen LogP contribution in [0.1, 0.15) is 6.92 Å².